The molecule has 19 heavy (non-hydrogen) atoms. The average molecular weight is 299 g/mol. The van der Waals surface area contributed by atoms with Crippen LogP contribution in [0.4, 0.5) is 4.39 Å². The van der Waals surface area contributed by atoms with Crippen LogP contribution in [0.1, 0.15) is 10.4 Å². The van der Waals surface area contributed by atoms with Crippen molar-refractivity contribution in [2.75, 3.05) is 0 Å². The third kappa shape index (κ3) is 4.04. The van der Waals surface area contributed by atoms with Crippen molar-refractivity contribution >= 4 is 28.9 Å². The fourth-order valence-corrected chi connectivity index (χ4v) is 3.07. The van der Waals surface area contributed by atoms with Crippen molar-refractivity contribution in [3.63, 3.8) is 0 Å². The lowest BCUT2D eigenvalue weighted by molar-refractivity contribution is -0.141. The second-order valence-electron chi connectivity index (χ2n) is 4.28. The number of benzene rings is 1. The Bertz CT molecular complexity index is 582. The summed E-state index contributed by atoms with van der Waals surface area (Å²) in [5, 5.41) is 9.25. The average Bonchev–Trinajstić information content (AvgIpc) is 2.74. The van der Waals surface area contributed by atoms with E-state index in [-0.39, 0.29) is 5.82 Å². The lowest BCUT2D eigenvalue weighted by Gasteiger charge is -2.11. The fraction of sp³-hybridized carbons (Fsp3) is 0.214. The summed E-state index contributed by atoms with van der Waals surface area (Å²) >= 11 is 7.20. The number of thiophene rings is 1. The van der Waals surface area contributed by atoms with Gasteiger partial charge in [-0.05, 0) is 42.7 Å². The van der Waals surface area contributed by atoms with Gasteiger partial charge in [0.05, 0.1) is 10.3 Å². The highest BCUT2D eigenvalue weighted by Gasteiger charge is 2.19. The Kier molecular flexibility index (Phi) is 4.56. The second kappa shape index (κ2) is 6.17. The van der Waals surface area contributed by atoms with E-state index in [1.54, 1.807) is 18.2 Å². The first-order valence-corrected chi connectivity index (χ1v) is 6.95. The zero-order chi connectivity index (χ0) is 13.8. The number of carboxylic acid groups (broad SMARTS) is 1. The predicted octanol–water partition coefficient (Wildman–Crippen LogP) is 4.03. The molecule has 0 radical (unpaired) electrons. The summed E-state index contributed by atoms with van der Waals surface area (Å²) in [4.78, 5) is 12.2. The van der Waals surface area contributed by atoms with Crippen LogP contribution >= 0.6 is 22.9 Å². The molecule has 0 saturated heterocycles. The van der Waals surface area contributed by atoms with Crippen molar-refractivity contribution in [3.8, 4) is 0 Å². The first-order chi connectivity index (χ1) is 9.04. The van der Waals surface area contributed by atoms with Gasteiger partial charge >= 0.3 is 5.97 Å². The molecule has 2 rings (SSSR count). The molecular formula is C14H12ClFO2S. The van der Waals surface area contributed by atoms with Gasteiger partial charge in [-0.15, -0.1) is 11.3 Å². The number of hydrogen-bond acceptors (Lipinski definition) is 2. The molecule has 0 spiro atoms. The Morgan fingerprint density at radius 3 is 2.68 bits per heavy atom. The fourth-order valence-electron chi connectivity index (χ4n) is 1.90. The van der Waals surface area contributed by atoms with E-state index in [0.29, 0.717) is 22.7 Å². The van der Waals surface area contributed by atoms with Crippen LogP contribution in [0.5, 0.6) is 0 Å². The van der Waals surface area contributed by atoms with Crippen molar-refractivity contribution in [3.05, 3.63) is 57.0 Å². The van der Waals surface area contributed by atoms with E-state index >= 15 is 0 Å². The summed E-state index contributed by atoms with van der Waals surface area (Å²) in [6.45, 7) is 0. The van der Waals surface area contributed by atoms with Gasteiger partial charge in [-0.3, -0.25) is 4.79 Å². The molecule has 0 saturated carbocycles. The molecule has 1 aromatic carbocycles. The van der Waals surface area contributed by atoms with Gasteiger partial charge in [-0.2, -0.15) is 0 Å². The number of rotatable bonds is 5. The summed E-state index contributed by atoms with van der Waals surface area (Å²) in [5.41, 5.74) is 0.690. The topological polar surface area (TPSA) is 37.3 Å². The van der Waals surface area contributed by atoms with Crippen molar-refractivity contribution in [2.24, 2.45) is 5.92 Å². The van der Waals surface area contributed by atoms with Crippen molar-refractivity contribution in [1.82, 2.24) is 0 Å². The Hall–Kier alpha value is -1.39. The predicted molar refractivity (Wildman–Crippen MR) is 74.3 cm³/mol. The van der Waals surface area contributed by atoms with E-state index in [1.165, 1.54) is 23.5 Å². The molecule has 100 valence electrons. The molecule has 1 N–H and O–H groups in total. The van der Waals surface area contributed by atoms with Gasteiger partial charge in [0.25, 0.3) is 0 Å². The smallest absolute Gasteiger partial charge is 0.307 e. The molecular weight excluding hydrogens is 287 g/mol. The lowest BCUT2D eigenvalue weighted by Crippen LogP contribution is -2.18. The molecule has 0 bridgehead atoms. The van der Waals surface area contributed by atoms with E-state index in [0.717, 1.165) is 4.88 Å². The molecule has 5 heteroatoms. The maximum atomic E-state index is 13.1. The largest absolute Gasteiger partial charge is 0.481 e. The van der Waals surface area contributed by atoms with E-state index in [9.17, 15) is 14.3 Å². The van der Waals surface area contributed by atoms with Crippen LogP contribution in [0.15, 0.2) is 36.4 Å². The van der Waals surface area contributed by atoms with Crippen LogP contribution < -0.4 is 0 Å². The minimum absolute atomic E-state index is 0.308. The minimum Gasteiger partial charge on any atom is -0.481 e. The van der Waals surface area contributed by atoms with E-state index < -0.39 is 11.9 Å². The monoisotopic (exact) mass is 298 g/mol. The van der Waals surface area contributed by atoms with Crippen LogP contribution in [0, 0.1) is 11.7 Å². The third-order valence-electron chi connectivity index (χ3n) is 2.80. The van der Waals surface area contributed by atoms with Crippen molar-refractivity contribution in [2.45, 2.75) is 12.8 Å². The van der Waals surface area contributed by atoms with Crippen LogP contribution in [0.25, 0.3) is 0 Å². The number of aliphatic carboxylic acids is 1. The molecule has 0 aliphatic rings. The van der Waals surface area contributed by atoms with Gasteiger partial charge in [-0.25, -0.2) is 4.39 Å². The molecule has 0 amide bonds. The summed E-state index contributed by atoms with van der Waals surface area (Å²) in [6, 6.07) is 9.62. The van der Waals surface area contributed by atoms with Crippen LogP contribution in [-0.2, 0) is 17.6 Å². The molecule has 0 aliphatic heterocycles. The number of hydrogen-bond donors (Lipinski definition) is 1. The quantitative estimate of drug-likeness (QED) is 0.905. The molecule has 2 aromatic rings. The Balaban J connectivity index is 2.10. The van der Waals surface area contributed by atoms with Crippen LogP contribution in [-0.4, -0.2) is 11.1 Å². The van der Waals surface area contributed by atoms with Gasteiger partial charge in [0.1, 0.15) is 5.82 Å². The molecule has 0 aliphatic carbocycles. The summed E-state index contributed by atoms with van der Waals surface area (Å²) < 4.78 is 13.7. The first kappa shape index (κ1) is 14.0. The van der Waals surface area contributed by atoms with E-state index in [2.05, 4.69) is 0 Å². The summed E-state index contributed by atoms with van der Waals surface area (Å²) in [6.07, 6.45) is 0.714. The Morgan fingerprint density at radius 1 is 1.32 bits per heavy atom. The Morgan fingerprint density at radius 2 is 2.11 bits per heavy atom. The van der Waals surface area contributed by atoms with Crippen molar-refractivity contribution in [1.29, 1.82) is 0 Å². The maximum Gasteiger partial charge on any atom is 0.307 e. The second-order valence-corrected chi connectivity index (χ2v) is 6.08. The normalized spacial score (nSPS) is 12.3. The molecule has 1 unspecified atom stereocenters. The highest BCUT2D eigenvalue weighted by Crippen LogP contribution is 2.25. The third-order valence-corrected chi connectivity index (χ3v) is 4.05. The first-order valence-electron chi connectivity index (χ1n) is 5.76. The zero-order valence-electron chi connectivity index (χ0n) is 9.98. The van der Waals surface area contributed by atoms with Crippen LogP contribution in [0.3, 0.4) is 0 Å². The van der Waals surface area contributed by atoms with Gasteiger partial charge in [0, 0.05) is 4.88 Å². The number of carbonyl (C=O) groups is 1. The van der Waals surface area contributed by atoms with E-state index in [4.69, 9.17) is 11.6 Å². The molecule has 0 fully saturated rings. The molecule has 2 nitrogen and oxygen atoms in total. The van der Waals surface area contributed by atoms with Crippen LogP contribution in [0.2, 0.25) is 4.34 Å². The zero-order valence-corrected chi connectivity index (χ0v) is 11.5. The Labute approximate surface area is 119 Å². The molecule has 1 aromatic heterocycles. The number of halogens is 2. The van der Waals surface area contributed by atoms with Gasteiger partial charge in [0.15, 0.2) is 0 Å². The van der Waals surface area contributed by atoms with Gasteiger partial charge in [0.2, 0.25) is 0 Å². The highest BCUT2D eigenvalue weighted by molar-refractivity contribution is 7.16. The highest BCUT2D eigenvalue weighted by atomic mass is 35.5. The molecule has 1 heterocycles. The molecule has 1 atom stereocenters. The summed E-state index contributed by atoms with van der Waals surface area (Å²) in [7, 11) is 0. The van der Waals surface area contributed by atoms with Crippen molar-refractivity contribution < 1.29 is 14.3 Å². The van der Waals surface area contributed by atoms with Gasteiger partial charge < -0.3 is 5.11 Å². The SMILES string of the molecule is O=C(O)C(Cc1cccc(F)c1)Cc1ccc(Cl)s1. The minimum atomic E-state index is -0.881. The maximum absolute atomic E-state index is 13.1. The van der Waals surface area contributed by atoms with Gasteiger partial charge in [-0.1, -0.05) is 23.7 Å². The van der Waals surface area contributed by atoms with E-state index in [1.807, 2.05) is 6.07 Å². The lowest BCUT2D eigenvalue weighted by atomic mass is 9.95. The summed E-state index contributed by atoms with van der Waals surface area (Å²) in [5.74, 6) is -1.80. The standard InChI is InChI=1S/C14H12ClFO2S/c15-13-5-4-12(19-13)8-10(14(17)18)6-9-2-1-3-11(16)7-9/h1-5,7,10H,6,8H2,(H,17,18). The number of carboxylic acids is 1.